The highest BCUT2D eigenvalue weighted by atomic mass is 16.3. The SMILES string of the molecule is CCC(NCc1c(C)nn(C)c1C)c1ccco1. The van der Waals surface area contributed by atoms with Crippen LogP contribution >= 0.6 is 0 Å². The standard InChI is InChI=1S/C14H21N3O/c1-5-13(14-7-6-8-18-14)15-9-12-10(2)16-17(4)11(12)3/h6-8,13,15H,5,9H2,1-4H3. The molecule has 1 atom stereocenters. The number of rotatable bonds is 5. The third kappa shape index (κ3) is 2.48. The topological polar surface area (TPSA) is 43.0 Å². The number of hydrogen-bond acceptors (Lipinski definition) is 3. The largest absolute Gasteiger partial charge is 0.468 e. The molecule has 0 saturated heterocycles. The lowest BCUT2D eigenvalue weighted by Gasteiger charge is -2.14. The van der Waals surface area contributed by atoms with Crippen molar-refractivity contribution in [3.05, 3.63) is 41.1 Å². The van der Waals surface area contributed by atoms with E-state index < -0.39 is 0 Å². The van der Waals surface area contributed by atoms with Gasteiger partial charge in [-0.15, -0.1) is 0 Å². The van der Waals surface area contributed by atoms with Gasteiger partial charge >= 0.3 is 0 Å². The van der Waals surface area contributed by atoms with Gasteiger partial charge in [0.2, 0.25) is 0 Å². The molecule has 0 aliphatic carbocycles. The van der Waals surface area contributed by atoms with Gasteiger partial charge in [0.1, 0.15) is 5.76 Å². The van der Waals surface area contributed by atoms with Gasteiger partial charge in [-0.3, -0.25) is 4.68 Å². The van der Waals surface area contributed by atoms with Crippen LogP contribution in [0.2, 0.25) is 0 Å². The molecule has 0 aromatic carbocycles. The van der Waals surface area contributed by atoms with Gasteiger partial charge in [-0.2, -0.15) is 5.10 Å². The smallest absolute Gasteiger partial charge is 0.120 e. The highest BCUT2D eigenvalue weighted by molar-refractivity contribution is 5.24. The Morgan fingerprint density at radius 3 is 2.72 bits per heavy atom. The summed E-state index contributed by atoms with van der Waals surface area (Å²) in [6, 6.07) is 4.21. The fourth-order valence-electron chi connectivity index (χ4n) is 2.23. The molecule has 2 aromatic rings. The minimum atomic E-state index is 0.263. The van der Waals surface area contributed by atoms with Crippen LogP contribution in [0.25, 0.3) is 0 Å². The van der Waals surface area contributed by atoms with Gasteiger partial charge in [-0.05, 0) is 32.4 Å². The van der Waals surface area contributed by atoms with E-state index in [2.05, 4.69) is 31.2 Å². The second kappa shape index (κ2) is 5.40. The molecule has 4 heteroatoms. The van der Waals surface area contributed by atoms with E-state index in [-0.39, 0.29) is 6.04 Å². The third-order valence-electron chi connectivity index (χ3n) is 3.48. The quantitative estimate of drug-likeness (QED) is 0.883. The van der Waals surface area contributed by atoms with Crippen LogP contribution in [-0.2, 0) is 13.6 Å². The molecule has 2 aromatic heterocycles. The molecular formula is C14H21N3O. The highest BCUT2D eigenvalue weighted by Crippen LogP contribution is 2.19. The van der Waals surface area contributed by atoms with Gasteiger partial charge in [0.05, 0.1) is 18.0 Å². The summed E-state index contributed by atoms with van der Waals surface area (Å²) in [7, 11) is 1.98. The molecular weight excluding hydrogens is 226 g/mol. The van der Waals surface area contributed by atoms with Gasteiger partial charge < -0.3 is 9.73 Å². The molecule has 2 rings (SSSR count). The van der Waals surface area contributed by atoms with Gasteiger partial charge in [0.15, 0.2) is 0 Å². The summed E-state index contributed by atoms with van der Waals surface area (Å²) in [5.41, 5.74) is 3.59. The Kier molecular flexibility index (Phi) is 3.87. The average molecular weight is 247 g/mol. The molecule has 0 saturated carbocycles. The predicted octanol–water partition coefficient (Wildman–Crippen LogP) is 2.87. The van der Waals surface area contributed by atoms with E-state index in [0.29, 0.717) is 0 Å². The van der Waals surface area contributed by atoms with Crippen molar-refractivity contribution in [1.82, 2.24) is 15.1 Å². The Morgan fingerprint density at radius 1 is 1.44 bits per heavy atom. The van der Waals surface area contributed by atoms with Crippen LogP contribution in [0.5, 0.6) is 0 Å². The summed E-state index contributed by atoms with van der Waals surface area (Å²) in [6.45, 7) is 7.14. The van der Waals surface area contributed by atoms with Crippen molar-refractivity contribution < 1.29 is 4.42 Å². The van der Waals surface area contributed by atoms with Crippen molar-refractivity contribution in [3.63, 3.8) is 0 Å². The molecule has 2 heterocycles. The fraction of sp³-hybridized carbons (Fsp3) is 0.500. The first-order valence-corrected chi connectivity index (χ1v) is 6.39. The summed E-state index contributed by atoms with van der Waals surface area (Å²) < 4.78 is 7.39. The number of nitrogens with one attached hydrogen (secondary N) is 1. The maximum Gasteiger partial charge on any atom is 0.120 e. The molecule has 1 unspecified atom stereocenters. The molecule has 0 aliphatic heterocycles. The summed E-state index contributed by atoms with van der Waals surface area (Å²) in [5.74, 6) is 0.997. The molecule has 18 heavy (non-hydrogen) atoms. The molecule has 1 N–H and O–H groups in total. The second-order valence-corrected chi connectivity index (χ2v) is 4.63. The lowest BCUT2D eigenvalue weighted by atomic mass is 10.1. The van der Waals surface area contributed by atoms with E-state index in [1.54, 1.807) is 6.26 Å². The van der Waals surface area contributed by atoms with Crippen LogP contribution in [0.3, 0.4) is 0 Å². The number of aryl methyl sites for hydroxylation is 2. The zero-order chi connectivity index (χ0) is 13.1. The van der Waals surface area contributed by atoms with E-state index in [1.807, 2.05) is 23.9 Å². The summed E-state index contributed by atoms with van der Waals surface area (Å²) in [4.78, 5) is 0. The van der Waals surface area contributed by atoms with Gasteiger partial charge in [-0.25, -0.2) is 0 Å². The van der Waals surface area contributed by atoms with Crippen molar-refractivity contribution in [3.8, 4) is 0 Å². The third-order valence-corrected chi connectivity index (χ3v) is 3.48. The molecule has 0 fully saturated rings. The molecule has 0 aliphatic rings. The van der Waals surface area contributed by atoms with Gasteiger partial charge in [-0.1, -0.05) is 6.92 Å². The molecule has 0 bridgehead atoms. The fourth-order valence-corrected chi connectivity index (χ4v) is 2.23. The number of nitrogens with zero attached hydrogens (tertiary/aromatic N) is 2. The Bertz CT molecular complexity index is 499. The summed E-state index contributed by atoms with van der Waals surface area (Å²) >= 11 is 0. The van der Waals surface area contributed by atoms with Crippen molar-refractivity contribution in [2.45, 2.75) is 39.8 Å². The maximum absolute atomic E-state index is 5.46. The number of furan rings is 1. The molecule has 0 spiro atoms. The molecule has 98 valence electrons. The Balaban J connectivity index is 2.06. The first kappa shape index (κ1) is 12.9. The van der Waals surface area contributed by atoms with Crippen molar-refractivity contribution >= 4 is 0 Å². The van der Waals surface area contributed by atoms with Crippen LogP contribution < -0.4 is 5.32 Å². The zero-order valence-corrected chi connectivity index (χ0v) is 11.5. The first-order valence-electron chi connectivity index (χ1n) is 6.39. The average Bonchev–Trinajstić information content (AvgIpc) is 2.94. The summed E-state index contributed by atoms with van der Waals surface area (Å²) in [6.07, 6.45) is 2.73. The zero-order valence-electron chi connectivity index (χ0n) is 11.5. The highest BCUT2D eigenvalue weighted by Gasteiger charge is 2.14. The van der Waals surface area contributed by atoms with Crippen LogP contribution in [-0.4, -0.2) is 9.78 Å². The van der Waals surface area contributed by atoms with Crippen molar-refractivity contribution in [1.29, 1.82) is 0 Å². The van der Waals surface area contributed by atoms with Crippen molar-refractivity contribution in [2.24, 2.45) is 7.05 Å². The summed E-state index contributed by atoms with van der Waals surface area (Å²) in [5, 5.41) is 7.97. The molecule has 0 amide bonds. The van der Waals surface area contributed by atoms with Crippen LogP contribution in [0.4, 0.5) is 0 Å². The van der Waals surface area contributed by atoms with E-state index in [4.69, 9.17) is 4.42 Å². The number of hydrogen-bond donors (Lipinski definition) is 1. The van der Waals surface area contributed by atoms with Gasteiger partial charge in [0, 0.05) is 24.8 Å². The lowest BCUT2D eigenvalue weighted by Crippen LogP contribution is -2.20. The van der Waals surface area contributed by atoms with E-state index in [9.17, 15) is 0 Å². The lowest BCUT2D eigenvalue weighted by molar-refractivity contribution is 0.403. The normalized spacial score (nSPS) is 12.9. The minimum absolute atomic E-state index is 0.263. The molecule has 4 nitrogen and oxygen atoms in total. The second-order valence-electron chi connectivity index (χ2n) is 4.63. The van der Waals surface area contributed by atoms with Crippen molar-refractivity contribution in [2.75, 3.05) is 0 Å². The van der Waals surface area contributed by atoms with Gasteiger partial charge in [0.25, 0.3) is 0 Å². The minimum Gasteiger partial charge on any atom is -0.468 e. The Labute approximate surface area is 108 Å². The molecule has 0 radical (unpaired) electrons. The van der Waals surface area contributed by atoms with Crippen LogP contribution in [0.1, 0.15) is 42.1 Å². The first-order chi connectivity index (χ1) is 8.63. The van der Waals surface area contributed by atoms with E-state index >= 15 is 0 Å². The van der Waals surface area contributed by atoms with Crippen LogP contribution in [0.15, 0.2) is 22.8 Å². The monoisotopic (exact) mass is 247 g/mol. The van der Waals surface area contributed by atoms with Crippen LogP contribution in [0, 0.1) is 13.8 Å². The maximum atomic E-state index is 5.46. The number of aromatic nitrogens is 2. The Hall–Kier alpha value is -1.55. The Morgan fingerprint density at radius 2 is 2.22 bits per heavy atom. The van der Waals surface area contributed by atoms with E-state index in [1.165, 1.54) is 11.3 Å². The predicted molar refractivity (Wildman–Crippen MR) is 71.3 cm³/mol. The van der Waals surface area contributed by atoms with E-state index in [0.717, 1.165) is 24.4 Å².